The number of para-hydroxylation sites is 1. The Bertz CT molecular complexity index is 1080. The summed E-state index contributed by atoms with van der Waals surface area (Å²) in [4.78, 5) is 13.9. The number of thioether (sulfide) groups is 1. The second-order valence-electron chi connectivity index (χ2n) is 7.40. The highest BCUT2D eigenvalue weighted by Crippen LogP contribution is 2.28. The molecule has 0 aliphatic heterocycles. The van der Waals surface area contributed by atoms with Gasteiger partial charge < -0.3 is 14.8 Å². The molecule has 0 bridgehead atoms. The molecule has 3 aromatic carbocycles. The van der Waals surface area contributed by atoms with Crippen LogP contribution in [0.15, 0.2) is 59.5 Å². The fourth-order valence-electron chi connectivity index (χ4n) is 3.38. The Labute approximate surface area is 189 Å². The topological polar surface area (TPSA) is 47.6 Å². The summed E-state index contributed by atoms with van der Waals surface area (Å²) >= 11 is 1.60. The molecule has 0 saturated heterocycles. The maximum Gasteiger partial charge on any atom is 0.255 e. The van der Waals surface area contributed by atoms with Gasteiger partial charge in [-0.15, -0.1) is 11.8 Å². The molecule has 0 atom stereocenters. The van der Waals surface area contributed by atoms with Gasteiger partial charge in [-0.25, -0.2) is 0 Å². The van der Waals surface area contributed by atoms with Gasteiger partial charge in [0, 0.05) is 16.0 Å². The van der Waals surface area contributed by atoms with E-state index in [0.29, 0.717) is 18.8 Å². The number of amides is 1. The van der Waals surface area contributed by atoms with E-state index < -0.39 is 0 Å². The van der Waals surface area contributed by atoms with Crippen molar-refractivity contribution in [3.05, 3.63) is 82.4 Å². The molecule has 0 heterocycles. The molecule has 3 aromatic rings. The van der Waals surface area contributed by atoms with Crippen LogP contribution in [0.2, 0.25) is 0 Å². The molecule has 0 radical (unpaired) electrons. The Hall–Kier alpha value is -2.92. The number of carbonyl (C=O) groups excluding carboxylic acids is 1. The fourth-order valence-corrected chi connectivity index (χ4v) is 3.93. The molecular weight excluding hydrogens is 406 g/mol. The molecule has 1 N–H and O–H groups in total. The Morgan fingerprint density at radius 1 is 0.968 bits per heavy atom. The predicted octanol–water partition coefficient (Wildman–Crippen LogP) is 6.56. The van der Waals surface area contributed by atoms with Crippen molar-refractivity contribution in [1.29, 1.82) is 0 Å². The molecular formula is C26H29NO3S. The average molecular weight is 436 g/mol. The van der Waals surface area contributed by atoms with E-state index in [2.05, 4.69) is 32.2 Å². The van der Waals surface area contributed by atoms with Crippen molar-refractivity contribution in [3.63, 3.8) is 0 Å². The van der Waals surface area contributed by atoms with Gasteiger partial charge in [0.1, 0.15) is 18.1 Å². The first-order chi connectivity index (χ1) is 14.9. The SMILES string of the molecule is CCOc1ccc(C(=O)Nc2ccccc2SC)cc1COc1cc(C)cc(C)c1C. The maximum atomic E-state index is 12.9. The van der Waals surface area contributed by atoms with Crippen LogP contribution in [0.1, 0.15) is 39.5 Å². The zero-order valence-electron chi connectivity index (χ0n) is 18.7. The van der Waals surface area contributed by atoms with Crippen molar-refractivity contribution >= 4 is 23.4 Å². The summed E-state index contributed by atoms with van der Waals surface area (Å²) in [5, 5.41) is 3.01. The van der Waals surface area contributed by atoms with Crippen molar-refractivity contribution < 1.29 is 14.3 Å². The van der Waals surface area contributed by atoms with Crippen molar-refractivity contribution in [2.24, 2.45) is 0 Å². The Morgan fingerprint density at radius 3 is 2.48 bits per heavy atom. The number of anilines is 1. The van der Waals surface area contributed by atoms with Gasteiger partial charge in [-0.1, -0.05) is 18.2 Å². The van der Waals surface area contributed by atoms with Crippen LogP contribution in [0.4, 0.5) is 5.69 Å². The van der Waals surface area contributed by atoms with Gasteiger partial charge in [-0.3, -0.25) is 4.79 Å². The van der Waals surface area contributed by atoms with E-state index in [0.717, 1.165) is 38.8 Å². The first-order valence-electron chi connectivity index (χ1n) is 10.3. The van der Waals surface area contributed by atoms with Crippen LogP contribution in [0.25, 0.3) is 0 Å². The fraction of sp³-hybridized carbons (Fsp3) is 0.269. The summed E-state index contributed by atoms with van der Waals surface area (Å²) in [6.07, 6.45) is 1.99. The molecule has 4 nitrogen and oxygen atoms in total. The number of hydrogen-bond acceptors (Lipinski definition) is 4. The van der Waals surface area contributed by atoms with Crippen LogP contribution < -0.4 is 14.8 Å². The number of aryl methyl sites for hydroxylation is 2. The lowest BCUT2D eigenvalue weighted by Crippen LogP contribution is -2.13. The molecule has 0 spiro atoms. The lowest BCUT2D eigenvalue weighted by atomic mass is 10.1. The molecule has 0 saturated carbocycles. The standard InChI is InChI=1S/C26H29NO3S/c1-6-29-23-12-11-20(26(28)27-22-9-7-8-10-25(22)31-5)15-21(23)16-30-24-14-17(2)13-18(3)19(24)4/h7-15H,6,16H2,1-5H3,(H,27,28). The molecule has 31 heavy (non-hydrogen) atoms. The normalized spacial score (nSPS) is 10.6. The third-order valence-electron chi connectivity index (χ3n) is 5.12. The van der Waals surface area contributed by atoms with Crippen LogP contribution in [0, 0.1) is 20.8 Å². The Kier molecular flexibility index (Phi) is 7.64. The van der Waals surface area contributed by atoms with E-state index >= 15 is 0 Å². The zero-order chi connectivity index (χ0) is 22.4. The number of ether oxygens (including phenoxy) is 2. The van der Waals surface area contributed by atoms with E-state index in [1.165, 1.54) is 5.56 Å². The number of carbonyl (C=O) groups is 1. The summed E-state index contributed by atoms with van der Waals surface area (Å²) in [7, 11) is 0. The predicted molar refractivity (Wildman–Crippen MR) is 129 cm³/mol. The molecule has 0 aliphatic rings. The summed E-state index contributed by atoms with van der Waals surface area (Å²) < 4.78 is 11.9. The molecule has 1 amide bonds. The van der Waals surface area contributed by atoms with E-state index in [1.54, 1.807) is 17.8 Å². The quantitative estimate of drug-likeness (QED) is 0.407. The second kappa shape index (κ2) is 10.4. The lowest BCUT2D eigenvalue weighted by Gasteiger charge is -2.16. The number of hydrogen-bond donors (Lipinski definition) is 1. The summed E-state index contributed by atoms with van der Waals surface area (Å²) in [6.45, 7) is 9.00. The highest BCUT2D eigenvalue weighted by atomic mass is 32.2. The first-order valence-corrected chi connectivity index (χ1v) is 11.6. The van der Waals surface area contributed by atoms with Crippen LogP contribution in [0.3, 0.4) is 0 Å². The monoisotopic (exact) mass is 435 g/mol. The zero-order valence-corrected chi connectivity index (χ0v) is 19.6. The molecule has 0 unspecified atom stereocenters. The summed E-state index contributed by atoms with van der Waals surface area (Å²) in [5.74, 6) is 1.42. The minimum atomic E-state index is -0.159. The Balaban J connectivity index is 1.84. The van der Waals surface area contributed by atoms with Gasteiger partial charge >= 0.3 is 0 Å². The largest absolute Gasteiger partial charge is 0.493 e. The average Bonchev–Trinajstić information content (AvgIpc) is 2.76. The lowest BCUT2D eigenvalue weighted by molar-refractivity contribution is 0.102. The third-order valence-corrected chi connectivity index (χ3v) is 5.92. The van der Waals surface area contributed by atoms with Gasteiger partial charge in [0.05, 0.1) is 12.3 Å². The van der Waals surface area contributed by atoms with Gasteiger partial charge in [0.25, 0.3) is 5.91 Å². The van der Waals surface area contributed by atoms with Gasteiger partial charge in [-0.2, -0.15) is 0 Å². The molecule has 0 aliphatic carbocycles. The smallest absolute Gasteiger partial charge is 0.255 e. The van der Waals surface area contributed by atoms with Crippen molar-refractivity contribution in [2.75, 3.05) is 18.2 Å². The second-order valence-corrected chi connectivity index (χ2v) is 8.25. The minimum Gasteiger partial charge on any atom is -0.493 e. The van der Waals surface area contributed by atoms with Gasteiger partial charge in [-0.05, 0) is 87.0 Å². The van der Waals surface area contributed by atoms with E-state index in [1.807, 2.05) is 55.6 Å². The highest BCUT2D eigenvalue weighted by molar-refractivity contribution is 7.98. The molecule has 3 rings (SSSR count). The van der Waals surface area contributed by atoms with Crippen LogP contribution >= 0.6 is 11.8 Å². The third kappa shape index (κ3) is 5.61. The Morgan fingerprint density at radius 2 is 1.74 bits per heavy atom. The number of nitrogens with one attached hydrogen (secondary N) is 1. The van der Waals surface area contributed by atoms with E-state index in [-0.39, 0.29) is 5.91 Å². The van der Waals surface area contributed by atoms with E-state index in [9.17, 15) is 4.79 Å². The van der Waals surface area contributed by atoms with Crippen molar-refractivity contribution in [1.82, 2.24) is 0 Å². The minimum absolute atomic E-state index is 0.159. The van der Waals surface area contributed by atoms with Gasteiger partial charge in [0.2, 0.25) is 0 Å². The van der Waals surface area contributed by atoms with Crippen LogP contribution in [0.5, 0.6) is 11.5 Å². The molecule has 5 heteroatoms. The van der Waals surface area contributed by atoms with Crippen molar-refractivity contribution in [2.45, 2.75) is 39.2 Å². The molecule has 0 fully saturated rings. The number of benzene rings is 3. The first kappa shape index (κ1) is 22.8. The van der Waals surface area contributed by atoms with Crippen LogP contribution in [-0.2, 0) is 6.61 Å². The maximum absolute atomic E-state index is 12.9. The van der Waals surface area contributed by atoms with E-state index in [4.69, 9.17) is 9.47 Å². The molecule has 0 aromatic heterocycles. The van der Waals surface area contributed by atoms with Gasteiger partial charge in [0.15, 0.2) is 0 Å². The summed E-state index contributed by atoms with van der Waals surface area (Å²) in [5.41, 5.74) is 5.68. The van der Waals surface area contributed by atoms with Crippen LogP contribution in [-0.4, -0.2) is 18.8 Å². The highest BCUT2D eigenvalue weighted by Gasteiger charge is 2.14. The number of rotatable bonds is 8. The summed E-state index contributed by atoms with van der Waals surface area (Å²) in [6, 6.07) is 17.4. The molecule has 162 valence electrons. The van der Waals surface area contributed by atoms with Crippen molar-refractivity contribution in [3.8, 4) is 11.5 Å².